The Morgan fingerprint density at radius 2 is 1.75 bits per heavy atom. The predicted molar refractivity (Wildman–Crippen MR) is 115 cm³/mol. The second-order valence-corrected chi connectivity index (χ2v) is 9.08. The van der Waals surface area contributed by atoms with Crippen LogP contribution in [0, 0.1) is 0 Å². The molecule has 0 radical (unpaired) electrons. The number of phenols is 1. The lowest BCUT2D eigenvalue weighted by Crippen LogP contribution is -2.44. The fourth-order valence-corrected chi connectivity index (χ4v) is 4.93. The van der Waals surface area contributed by atoms with E-state index >= 15 is 0 Å². The summed E-state index contributed by atoms with van der Waals surface area (Å²) < 4.78 is 6.00. The molecule has 2 atom stereocenters. The highest BCUT2D eigenvalue weighted by Crippen LogP contribution is 2.54. The fraction of sp³-hybridized carbons (Fsp3) is 0.680. The molecular weight excluding hydrogens is 348 g/mol. The summed E-state index contributed by atoms with van der Waals surface area (Å²) in [4.78, 5) is 0. The third-order valence-corrected chi connectivity index (χ3v) is 6.52. The summed E-state index contributed by atoms with van der Waals surface area (Å²) in [6.07, 6.45) is 13.3. The van der Waals surface area contributed by atoms with Crippen LogP contribution in [0.2, 0.25) is 0 Å². The fourth-order valence-electron chi connectivity index (χ4n) is 4.93. The molecule has 1 heterocycles. The highest BCUT2D eigenvalue weighted by Gasteiger charge is 2.46. The van der Waals surface area contributed by atoms with E-state index in [9.17, 15) is 10.2 Å². The number of ether oxygens (including phenoxy) is 1. The topological polar surface area (TPSA) is 49.7 Å². The molecule has 3 nitrogen and oxygen atoms in total. The lowest BCUT2D eigenvalue weighted by molar-refractivity contribution is -0.165. The van der Waals surface area contributed by atoms with E-state index in [4.69, 9.17) is 4.74 Å². The highest BCUT2D eigenvalue weighted by molar-refractivity contribution is 5.54. The van der Waals surface area contributed by atoms with E-state index < -0.39 is 5.79 Å². The summed E-state index contributed by atoms with van der Waals surface area (Å²) in [6.45, 7) is 6.51. The van der Waals surface area contributed by atoms with Gasteiger partial charge in [-0.2, -0.15) is 0 Å². The van der Waals surface area contributed by atoms with Gasteiger partial charge in [-0.25, -0.2) is 0 Å². The lowest BCUT2D eigenvalue weighted by atomic mass is 9.72. The van der Waals surface area contributed by atoms with Crippen molar-refractivity contribution >= 4 is 0 Å². The number of fused-ring (bicyclic) bond motifs is 4. The molecule has 1 fully saturated rings. The molecule has 1 aliphatic carbocycles. The Bertz CT molecular complexity index is 702. The van der Waals surface area contributed by atoms with Gasteiger partial charge in [0.05, 0.1) is 0 Å². The van der Waals surface area contributed by atoms with Crippen molar-refractivity contribution in [3.8, 4) is 11.5 Å². The van der Waals surface area contributed by atoms with E-state index in [1.165, 1.54) is 56.1 Å². The average Bonchev–Trinajstić information content (AvgIpc) is 2.62. The van der Waals surface area contributed by atoms with Gasteiger partial charge in [0, 0.05) is 24.3 Å². The molecule has 0 saturated heterocycles. The summed E-state index contributed by atoms with van der Waals surface area (Å²) in [7, 11) is 0. The minimum atomic E-state index is -1.08. The molecule has 156 valence electrons. The van der Waals surface area contributed by atoms with E-state index in [0.717, 1.165) is 30.4 Å². The number of benzene rings is 1. The molecule has 2 unspecified atom stereocenters. The van der Waals surface area contributed by atoms with E-state index in [2.05, 4.69) is 26.8 Å². The normalized spacial score (nSPS) is 23.3. The molecule has 3 heteroatoms. The van der Waals surface area contributed by atoms with E-state index in [0.29, 0.717) is 24.3 Å². The quantitative estimate of drug-likeness (QED) is 0.364. The van der Waals surface area contributed by atoms with Crippen molar-refractivity contribution in [2.75, 3.05) is 0 Å². The number of hydrogen-bond acceptors (Lipinski definition) is 3. The van der Waals surface area contributed by atoms with Gasteiger partial charge in [-0.3, -0.25) is 0 Å². The van der Waals surface area contributed by atoms with Gasteiger partial charge in [0.15, 0.2) is 0 Å². The van der Waals surface area contributed by atoms with Crippen molar-refractivity contribution in [1.82, 2.24) is 0 Å². The molecule has 3 rings (SSSR count). The number of hydrogen-bond donors (Lipinski definition) is 2. The van der Waals surface area contributed by atoms with Crippen LogP contribution in [0.4, 0.5) is 0 Å². The Labute approximate surface area is 170 Å². The van der Waals surface area contributed by atoms with Crippen molar-refractivity contribution in [3.05, 3.63) is 34.4 Å². The minimum absolute atomic E-state index is 0.0738. The van der Waals surface area contributed by atoms with E-state index in [-0.39, 0.29) is 5.92 Å². The van der Waals surface area contributed by atoms with Crippen LogP contribution < -0.4 is 4.74 Å². The Morgan fingerprint density at radius 1 is 1.07 bits per heavy atom. The maximum absolute atomic E-state index is 10.8. The first kappa shape index (κ1) is 21.2. The summed E-state index contributed by atoms with van der Waals surface area (Å²) in [5.74, 6) is 0.0105. The van der Waals surface area contributed by atoms with Gasteiger partial charge < -0.3 is 14.9 Å². The molecule has 0 amide bonds. The Hall–Kier alpha value is -1.48. The number of unbranched alkanes of at least 4 members (excludes halogenated alkanes) is 7. The van der Waals surface area contributed by atoms with E-state index in [1.54, 1.807) is 0 Å². The second kappa shape index (κ2) is 9.35. The van der Waals surface area contributed by atoms with Crippen molar-refractivity contribution in [1.29, 1.82) is 0 Å². The minimum Gasteiger partial charge on any atom is -0.507 e. The molecule has 0 spiro atoms. The monoisotopic (exact) mass is 386 g/mol. The number of phenolic OH excluding ortho intramolecular Hbond substituents is 1. The maximum atomic E-state index is 10.8. The Kier molecular flexibility index (Phi) is 7.09. The zero-order valence-corrected chi connectivity index (χ0v) is 18.0. The van der Waals surface area contributed by atoms with Gasteiger partial charge in [0.1, 0.15) is 11.5 Å². The predicted octanol–water partition coefficient (Wildman–Crippen LogP) is 6.76. The summed E-state index contributed by atoms with van der Waals surface area (Å²) >= 11 is 0. The van der Waals surface area contributed by atoms with Crippen molar-refractivity contribution in [3.63, 3.8) is 0 Å². The third-order valence-electron chi connectivity index (χ3n) is 6.52. The lowest BCUT2D eigenvalue weighted by Gasteiger charge is -2.44. The van der Waals surface area contributed by atoms with Gasteiger partial charge in [0.25, 0.3) is 0 Å². The SMILES string of the molecule is CCCCCCCCCCc1cc(O)c2c(c1)OC1(O)CCC(=C(C)C)C2C1. The molecule has 0 aromatic heterocycles. The van der Waals surface area contributed by atoms with Crippen molar-refractivity contribution < 1.29 is 14.9 Å². The van der Waals surface area contributed by atoms with Gasteiger partial charge >= 0.3 is 0 Å². The number of allylic oxidation sites excluding steroid dienone is 2. The van der Waals surface area contributed by atoms with Gasteiger partial charge in [-0.15, -0.1) is 0 Å². The smallest absolute Gasteiger partial charge is 0.209 e. The van der Waals surface area contributed by atoms with Crippen LogP contribution in [0.1, 0.15) is 108 Å². The zero-order chi connectivity index (χ0) is 20.1. The summed E-state index contributed by atoms with van der Waals surface area (Å²) in [6, 6.07) is 3.98. The second-order valence-electron chi connectivity index (χ2n) is 9.08. The zero-order valence-electron chi connectivity index (χ0n) is 18.0. The van der Waals surface area contributed by atoms with E-state index in [1.807, 2.05) is 6.07 Å². The first-order valence-corrected chi connectivity index (χ1v) is 11.4. The van der Waals surface area contributed by atoms with Gasteiger partial charge in [0.2, 0.25) is 5.79 Å². The maximum Gasteiger partial charge on any atom is 0.209 e. The standard InChI is InChI=1S/C25H38O3/c1-4-5-6-7-8-9-10-11-12-19-15-22(26)24-21-17-25(27,28-23(24)16-19)14-13-20(21)18(2)3/h15-16,21,26-27H,4-14,17H2,1-3H3. The van der Waals surface area contributed by atoms with Crippen LogP contribution in [-0.4, -0.2) is 16.0 Å². The van der Waals surface area contributed by atoms with Crippen LogP contribution in [0.3, 0.4) is 0 Å². The molecule has 28 heavy (non-hydrogen) atoms. The van der Waals surface area contributed by atoms with Crippen LogP contribution in [0.25, 0.3) is 0 Å². The average molecular weight is 387 g/mol. The van der Waals surface area contributed by atoms with Gasteiger partial charge in [-0.05, 0) is 50.8 Å². The number of aliphatic hydroxyl groups is 1. The van der Waals surface area contributed by atoms with Gasteiger partial charge in [-0.1, -0.05) is 63.0 Å². The molecule has 2 N–H and O–H groups in total. The molecule has 1 saturated carbocycles. The molecule has 1 aromatic rings. The number of aryl methyl sites for hydroxylation is 1. The summed E-state index contributed by atoms with van der Waals surface area (Å²) in [5, 5.41) is 21.6. The van der Waals surface area contributed by atoms with Crippen LogP contribution in [-0.2, 0) is 6.42 Å². The largest absolute Gasteiger partial charge is 0.507 e. The molecule has 1 aromatic carbocycles. The summed E-state index contributed by atoms with van der Waals surface area (Å²) in [5.41, 5.74) is 4.63. The molecular formula is C25H38O3. The van der Waals surface area contributed by atoms with Crippen molar-refractivity contribution in [2.24, 2.45) is 0 Å². The Balaban J connectivity index is 1.63. The van der Waals surface area contributed by atoms with Crippen LogP contribution in [0.15, 0.2) is 23.3 Å². The molecule has 2 bridgehead atoms. The number of aromatic hydroxyl groups is 1. The van der Waals surface area contributed by atoms with Crippen LogP contribution >= 0.6 is 0 Å². The molecule has 2 aliphatic rings. The third kappa shape index (κ3) is 4.92. The highest BCUT2D eigenvalue weighted by atomic mass is 16.6. The van der Waals surface area contributed by atoms with Crippen molar-refractivity contribution in [2.45, 2.75) is 110 Å². The van der Waals surface area contributed by atoms with Crippen LogP contribution in [0.5, 0.6) is 11.5 Å². The first-order chi connectivity index (χ1) is 13.4. The Morgan fingerprint density at radius 3 is 2.43 bits per heavy atom. The number of rotatable bonds is 9. The molecule has 1 aliphatic heterocycles. The first-order valence-electron chi connectivity index (χ1n) is 11.4.